The summed E-state index contributed by atoms with van der Waals surface area (Å²) < 4.78 is 4.68. The zero-order chi connectivity index (χ0) is 13.1. The van der Waals surface area contributed by atoms with Crippen LogP contribution in [0.15, 0.2) is 35.1 Å². The number of aromatic carboxylic acids is 1. The van der Waals surface area contributed by atoms with Gasteiger partial charge in [0.1, 0.15) is 6.26 Å². The monoisotopic (exact) mass is 246 g/mol. The van der Waals surface area contributed by atoms with Crippen LogP contribution in [0.25, 0.3) is 0 Å². The van der Waals surface area contributed by atoms with Crippen molar-refractivity contribution in [2.75, 3.05) is 5.32 Å². The first-order valence-corrected chi connectivity index (χ1v) is 5.14. The number of aromatic nitrogens is 1. The lowest BCUT2D eigenvalue weighted by atomic mass is 10.1. The smallest absolute Gasteiger partial charge is 0.336 e. The Labute approximate surface area is 102 Å². The summed E-state index contributed by atoms with van der Waals surface area (Å²) in [5, 5.41) is 15.1. The van der Waals surface area contributed by atoms with Gasteiger partial charge in [-0.2, -0.15) is 0 Å². The minimum atomic E-state index is -1.15. The van der Waals surface area contributed by atoms with Crippen molar-refractivity contribution < 1.29 is 19.2 Å². The fraction of sp³-hybridized carbons (Fsp3) is 0.0833. The molecule has 0 aliphatic rings. The number of nitrogens with one attached hydrogen (secondary N) is 1. The van der Waals surface area contributed by atoms with Crippen LogP contribution in [0.2, 0.25) is 0 Å². The summed E-state index contributed by atoms with van der Waals surface area (Å²) >= 11 is 0. The lowest BCUT2D eigenvalue weighted by Gasteiger charge is -2.05. The Kier molecular flexibility index (Phi) is 3.09. The molecular weight excluding hydrogens is 236 g/mol. The average Bonchev–Trinajstić information content (AvgIpc) is 2.75. The molecule has 1 aromatic heterocycles. The Morgan fingerprint density at radius 3 is 2.50 bits per heavy atom. The van der Waals surface area contributed by atoms with E-state index in [1.54, 1.807) is 19.1 Å². The van der Waals surface area contributed by atoms with Gasteiger partial charge in [-0.25, -0.2) is 4.79 Å². The highest BCUT2D eigenvalue weighted by Crippen LogP contribution is 2.14. The Balaban J connectivity index is 2.30. The Morgan fingerprint density at radius 1 is 1.28 bits per heavy atom. The fourth-order valence-corrected chi connectivity index (χ4v) is 1.45. The molecule has 0 atom stereocenters. The molecule has 0 aliphatic heterocycles. The van der Waals surface area contributed by atoms with Gasteiger partial charge in [-0.15, -0.1) is 0 Å². The summed E-state index contributed by atoms with van der Waals surface area (Å²) in [6.07, 6.45) is 1.39. The van der Waals surface area contributed by atoms with Crippen molar-refractivity contribution in [3.05, 3.63) is 47.2 Å². The molecule has 2 rings (SSSR count). The molecule has 6 heteroatoms. The Hall–Kier alpha value is -2.63. The maximum atomic E-state index is 11.9. The van der Waals surface area contributed by atoms with Crippen molar-refractivity contribution in [3.63, 3.8) is 0 Å². The molecule has 2 aromatic rings. The number of hydrogen-bond donors (Lipinski definition) is 2. The zero-order valence-corrected chi connectivity index (χ0v) is 9.51. The first-order valence-electron chi connectivity index (χ1n) is 5.14. The van der Waals surface area contributed by atoms with Gasteiger partial charge in [-0.3, -0.25) is 4.79 Å². The van der Waals surface area contributed by atoms with Crippen molar-refractivity contribution in [1.82, 2.24) is 5.16 Å². The van der Waals surface area contributed by atoms with E-state index in [1.807, 2.05) is 0 Å². The minimum Gasteiger partial charge on any atom is -0.478 e. The van der Waals surface area contributed by atoms with Crippen molar-refractivity contribution in [3.8, 4) is 0 Å². The summed E-state index contributed by atoms with van der Waals surface area (Å²) in [5.41, 5.74) is 0.680. The standard InChI is InChI=1S/C12H10N2O4/c1-7-6-18-14-10(7)13-11(15)8-4-2-3-5-9(8)12(16)17/h2-6H,1H3,(H,16,17)(H,13,14,15). The largest absolute Gasteiger partial charge is 0.478 e. The Morgan fingerprint density at radius 2 is 1.94 bits per heavy atom. The van der Waals surface area contributed by atoms with Gasteiger partial charge in [-0.05, 0) is 19.1 Å². The highest BCUT2D eigenvalue weighted by atomic mass is 16.5. The Bertz CT molecular complexity index is 604. The number of carboxylic acid groups (broad SMARTS) is 1. The first kappa shape index (κ1) is 11.8. The van der Waals surface area contributed by atoms with E-state index < -0.39 is 11.9 Å². The van der Waals surface area contributed by atoms with Crippen molar-refractivity contribution in [1.29, 1.82) is 0 Å². The van der Waals surface area contributed by atoms with E-state index in [4.69, 9.17) is 5.11 Å². The highest BCUT2D eigenvalue weighted by molar-refractivity contribution is 6.10. The number of rotatable bonds is 3. The van der Waals surface area contributed by atoms with Crippen LogP contribution in [0.4, 0.5) is 5.82 Å². The summed E-state index contributed by atoms with van der Waals surface area (Å²) in [7, 11) is 0. The van der Waals surface area contributed by atoms with Crippen LogP contribution in [0.5, 0.6) is 0 Å². The van der Waals surface area contributed by atoms with Gasteiger partial charge in [0.15, 0.2) is 5.82 Å². The van der Waals surface area contributed by atoms with Gasteiger partial charge >= 0.3 is 5.97 Å². The van der Waals surface area contributed by atoms with E-state index in [-0.39, 0.29) is 16.9 Å². The fourth-order valence-electron chi connectivity index (χ4n) is 1.45. The molecule has 0 unspecified atom stereocenters. The number of carbonyl (C=O) groups is 2. The second-order valence-corrected chi connectivity index (χ2v) is 3.65. The average molecular weight is 246 g/mol. The van der Waals surface area contributed by atoms with Crippen molar-refractivity contribution in [2.45, 2.75) is 6.92 Å². The lowest BCUT2D eigenvalue weighted by Crippen LogP contribution is -2.16. The first-order chi connectivity index (χ1) is 8.59. The van der Waals surface area contributed by atoms with Crippen molar-refractivity contribution in [2.24, 2.45) is 0 Å². The van der Waals surface area contributed by atoms with Crippen LogP contribution in [0.3, 0.4) is 0 Å². The molecule has 0 fully saturated rings. The second-order valence-electron chi connectivity index (χ2n) is 3.65. The number of benzene rings is 1. The minimum absolute atomic E-state index is 0.0591. The number of nitrogens with zero attached hydrogens (tertiary/aromatic N) is 1. The number of aryl methyl sites for hydroxylation is 1. The van der Waals surface area contributed by atoms with Crippen LogP contribution in [0.1, 0.15) is 26.3 Å². The highest BCUT2D eigenvalue weighted by Gasteiger charge is 2.17. The molecule has 0 aliphatic carbocycles. The van der Waals surface area contributed by atoms with E-state index in [1.165, 1.54) is 18.4 Å². The van der Waals surface area contributed by atoms with Gasteiger partial charge in [0.25, 0.3) is 5.91 Å². The zero-order valence-electron chi connectivity index (χ0n) is 9.51. The molecule has 0 saturated carbocycles. The third kappa shape index (κ3) is 2.22. The lowest BCUT2D eigenvalue weighted by molar-refractivity contribution is 0.0692. The summed E-state index contributed by atoms with van der Waals surface area (Å²) in [6, 6.07) is 5.96. The molecule has 2 N–H and O–H groups in total. The predicted molar refractivity (Wildman–Crippen MR) is 62.6 cm³/mol. The van der Waals surface area contributed by atoms with Gasteiger partial charge in [-0.1, -0.05) is 17.3 Å². The summed E-state index contributed by atoms with van der Waals surface area (Å²) in [4.78, 5) is 22.9. The van der Waals surface area contributed by atoms with Crippen LogP contribution in [0, 0.1) is 6.92 Å². The van der Waals surface area contributed by atoms with Gasteiger partial charge < -0.3 is 14.9 Å². The molecule has 0 saturated heterocycles. The van der Waals surface area contributed by atoms with Crippen LogP contribution >= 0.6 is 0 Å². The molecule has 1 heterocycles. The van der Waals surface area contributed by atoms with Gasteiger partial charge in [0.2, 0.25) is 0 Å². The van der Waals surface area contributed by atoms with E-state index in [0.717, 1.165) is 0 Å². The molecule has 18 heavy (non-hydrogen) atoms. The molecule has 1 aromatic carbocycles. The molecule has 0 radical (unpaired) electrons. The summed E-state index contributed by atoms with van der Waals surface area (Å²) in [6.45, 7) is 1.72. The SMILES string of the molecule is Cc1conc1NC(=O)c1ccccc1C(=O)O. The molecule has 6 nitrogen and oxygen atoms in total. The quantitative estimate of drug-likeness (QED) is 0.863. The molecule has 0 spiro atoms. The van der Waals surface area contributed by atoms with E-state index >= 15 is 0 Å². The second kappa shape index (κ2) is 4.70. The summed E-state index contributed by atoms with van der Waals surface area (Å²) in [5.74, 6) is -1.41. The van der Waals surface area contributed by atoms with E-state index in [9.17, 15) is 9.59 Å². The van der Waals surface area contributed by atoms with Crippen molar-refractivity contribution >= 4 is 17.7 Å². The molecular formula is C12H10N2O4. The molecule has 0 bridgehead atoms. The number of carboxylic acids is 1. The van der Waals surface area contributed by atoms with Gasteiger partial charge in [0.05, 0.1) is 11.1 Å². The van der Waals surface area contributed by atoms with Crippen LogP contribution in [-0.2, 0) is 0 Å². The van der Waals surface area contributed by atoms with Gasteiger partial charge in [0, 0.05) is 5.56 Å². The topological polar surface area (TPSA) is 92.4 Å². The number of hydrogen-bond acceptors (Lipinski definition) is 4. The van der Waals surface area contributed by atoms with E-state index in [2.05, 4.69) is 15.0 Å². The third-order valence-electron chi connectivity index (χ3n) is 2.38. The number of carbonyl (C=O) groups excluding carboxylic acids is 1. The predicted octanol–water partition coefficient (Wildman–Crippen LogP) is 1.93. The maximum Gasteiger partial charge on any atom is 0.336 e. The molecule has 1 amide bonds. The molecule has 92 valence electrons. The number of anilines is 1. The van der Waals surface area contributed by atoms with Crippen LogP contribution < -0.4 is 5.32 Å². The number of amides is 1. The van der Waals surface area contributed by atoms with E-state index in [0.29, 0.717) is 5.56 Å². The third-order valence-corrected chi connectivity index (χ3v) is 2.38. The van der Waals surface area contributed by atoms with Crippen LogP contribution in [-0.4, -0.2) is 22.1 Å². The maximum absolute atomic E-state index is 11.9. The normalized spacial score (nSPS) is 10.1.